The van der Waals surface area contributed by atoms with Gasteiger partial charge in [0.15, 0.2) is 0 Å². The van der Waals surface area contributed by atoms with E-state index in [-0.39, 0.29) is 29.8 Å². The minimum absolute atomic E-state index is 0.00114. The van der Waals surface area contributed by atoms with Crippen LogP contribution in [0.4, 0.5) is 5.69 Å². The van der Waals surface area contributed by atoms with Crippen LogP contribution in [0, 0.1) is 13.8 Å². The van der Waals surface area contributed by atoms with E-state index in [4.69, 9.17) is 34.8 Å². The summed E-state index contributed by atoms with van der Waals surface area (Å²) >= 11 is 18.7. The second-order valence-corrected chi connectivity index (χ2v) is 15.7. The summed E-state index contributed by atoms with van der Waals surface area (Å²) in [6, 6.07) is 24.7. The van der Waals surface area contributed by atoms with Crippen molar-refractivity contribution < 1.29 is 18.0 Å². The van der Waals surface area contributed by atoms with Crippen molar-refractivity contribution in [2.24, 2.45) is 0 Å². The van der Waals surface area contributed by atoms with Gasteiger partial charge in [-0.25, -0.2) is 8.42 Å². The summed E-state index contributed by atoms with van der Waals surface area (Å²) in [4.78, 5) is 30.5. The van der Waals surface area contributed by atoms with Crippen molar-refractivity contribution in [3.05, 3.63) is 128 Å². The van der Waals surface area contributed by atoms with Crippen LogP contribution in [0.2, 0.25) is 15.1 Å². The number of carbonyl (C=O) groups excluding carboxylic acids is 2. The number of aryl methyl sites for hydroxylation is 2. The zero-order chi connectivity index (χ0) is 35.1. The predicted molar refractivity (Wildman–Crippen MR) is 198 cm³/mol. The third-order valence-corrected chi connectivity index (χ3v) is 11.8. The topological polar surface area (TPSA) is 86.8 Å². The molecular weight excluding hydrogens is 701 g/mol. The SMILES string of the molecule is Cc1ccc(N(CC(=O)N(Cc2ccc(Cl)c(Cl)c2)[C@H](Cc2ccccc2)C(=O)NC2CCCCC2)S(=O)(=O)c2ccc(Cl)cc2)cc1C. The zero-order valence-corrected chi connectivity index (χ0v) is 30.6. The van der Waals surface area contributed by atoms with Crippen molar-refractivity contribution in [2.75, 3.05) is 10.8 Å². The smallest absolute Gasteiger partial charge is 0.264 e. The summed E-state index contributed by atoms with van der Waals surface area (Å²) in [6.45, 7) is 3.25. The van der Waals surface area contributed by atoms with E-state index in [0.717, 1.165) is 53.1 Å². The van der Waals surface area contributed by atoms with Gasteiger partial charge in [-0.3, -0.25) is 13.9 Å². The Morgan fingerprint density at radius 1 is 0.796 bits per heavy atom. The van der Waals surface area contributed by atoms with Gasteiger partial charge in [0.1, 0.15) is 12.6 Å². The van der Waals surface area contributed by atoms with Crippen molar-refractivity contribution >= 4 is 62.3 Å². The molecule has 258 valence electrons. The first-order chi connectivity index (χ1) is 23.4. The number of benzene rings is 4. The minimum atomic E-state index is -4.25. The lowest BCUT2D eigenvalue weighted by Gasteiger charge is -2.35. The number of nitrogens with zero attached hydrogens (tertiary/aromatic N) is 2. The molecule has 1 N–H and O–H groups in total. The highest BCUT2D eigenvalue weighted by Crippen LogP contribution is 2.29. The van der Waals surface area contributed by atoms with E-state index in [1.165, 1.54) is 29.2 Å². The fraction of sp³-hybridized carbons (Fsp3) is 0.316. The molecule has 4 aromatic rings. The Bertz CT molecular complexity index is 1880. The number of hydrogen-bond donors (Lipinski definition) is 1. The largest absolute Gasteiger partial charge is 0.352 e. The molecule has 1 atom stereocenters. The lowest BCUT2D eigenvalue weighted by molar-refractivity contribution is -0.140. The quantitative estimate of drug-likeness (QED) is 0.158. The van der Waals surface area contributed by atoms with Crippen LogP contribution in [-0.2, 0) is 32.6 Å². The maximum Gasteiger partial charge on any atom is 0.264 e. The molecule has 5 rings (SSSR count). The molecule has 1 aliphatic rings. The zero-order valence-electron chi connectivity index (χ0n) is 27.5. The maximum atomic E-state index is 14.8. The van der Waals surface area contributed by atoms with Gasteiger partial charge in [0.2, 0.25) is 11.8 Å². The fourth-order valence-corrected chi connectivity index (χ4v) is 7.93. The normalized spacial score (nSPS) is 14.2. The number of amides is 2. The van der Waals surface area contributed by atoms with Crippen molar-refractivity contribution in [1.82, 2.24) is 10.2 Å². The van der Waals surface area contributed by atoms with Crippen LogP contribution in [0.25, 0.3) is 0 Å². The molecule has 4 aromatic carbocycles. The number of rotatable bonds is 12. The second kappa shape index (κ2) is 16.4. The number of nitrogens with one attached hydrogen (secondary N) is 1. The van der Waals surface area contributed by atoms with Gasteiger partial charge in [0, 0.05) is 24.0 Å². The Morgan fingerprint density at radius 2 is 1.49 bits per heavy atom. The molecule has 0 saturated heterocycles. The number of carbonyl (C=O) groups is 2. The molecule has 0 heterocycles. The van der Waals surface area contributed by atoms with Crippen molar-refractivity contribution in [1.29, 1.82) is 0 Å². The molecule has 0 bridgehead atoms. The van der Waals surface area contributed by atoms with Crippen molar-refractivity contribution in [3.8, 4) is 0 Å². The molecule has 2 amide bonds. The van der Waals surface area contributed by atoms with Gasteiger partial charge in [-0.05, 0) is 97.5 Å². The number of anilines is 1. The van der Waals surface area contributed by atoms with Crippen LogP contribution in [0.1, 0.15) is 54.4 Å². The van der Waals surface area contributed by atoms with Crippen LogP contribution in [-0.4, -0.2) is 43.8 Å². The van der Waals surface area contributed by atoms with E-state index in [1.807, 2.05) is 50.2 Å². The molecule has 0 unspecified atom stereocenters. The average molecular weight is 741 g/mol. The summed E-state index contributed by atoms with van der Waals surface area (Å²) in [5.41, 5.74) is 3.67. The van der Waals surface area contributed by atoms with Crippen LogP contribution in [0.3, 0.4) is 0 Å². The van der Waals surface area contributed by atoms with Gasteiger partial charge in [0.25, 0.3) is 10.0 Å². The van der Waals surface area contributed by atoms with Gasteiger partial charge in [-0.1, -0.05) is 96.5 Å². The molecule has 1 fully saturated rings. The van der Waals surface area contributed by atoms with E-state index < -0.39 is 28.5 Å². The maximum absolute atomic E-state index is 14.8. The molecule has 0 aromatic heterocycles. The van der Waals surface area contributed by atoms with E-state index >= 15 is 0 Å². The van der Waals surface area contributed by atoms with Crippen molar-refractivity contribution in [2.45, 2.75) is 75.9 Å². The summed E-state index contributed by atoms with van der Waals surface area (Å²) in [7, 11) is -4.25. The lowest BCUT2D eigenvalue weighted by atomic mass is 9.94. The highest BCUT2D eigenvalue weighted by atomic mass is 35.5. The third-order valence-electron chi connectivity index (χ3n) is 9.02. The fourth-order valence-electron chi connectivity index (χ4n) is 6.08. The molecule has 0 aliphatic heterocycles. The van der Waals surface area contributed by atoms with Gasteiger partial charge >= 0.3 is 0 Å². The Kier molecular flexibility index (Phi) is 12.3. The van der Waals surface area contributed by atoms with Gasteiger partial charge in [0.05, 0.1) is 20.6 Å². The number of sulfonamides is 1. The third kappa shape index (κ3) is 9.37. The summed E-state index contributed by atoms with van der Waals surface area (Å²) < 4.78 is 29.7. The monoisotopic (exact) mass is 739 g/mol. The molecule has 49 heavy (non-hydrogen) atoms. The van der Waals surface area contributed by atoms with Crippen molar-refractivity contribution in [3.63, 3.8) is 0 Å². The Hall–Kier alpha value is -3.56. The van der Waals surface area contributed by atoms with Gasteiger partial charge in [-0.2, -0.15) is 0 Å². The standard InChI is InChI=1S/C38H40Cl3N3O4S/c1-26-13-17-32(21-27(26)2)44(49(47,48)33-18-15-30(39)16-19-33)25-37(45)43(24-29-14-20-34(40)35(41)22-29)36(23-28-9-5-3-6-10-28)38(46)42-31-11-7-4-8-12-31/h3,5-6,9-10,13-22,31,36H,4,7-8,11-12,23-25H2,1-2H3,(H,42,46)/t36-/m1/s1. The summed E-state index contributed by atoms with van der Waals surface area (Å²) in [5.74, 6) is -0.844. The molecule has 0 radical (unpaired) electrons. The van der Waals surface area contributed by atoms with Crippen LogP contribution in [0.15, 0.2) is 95.9 Å². The minimum Gasteiger partial charge on any atom is -0.352 e. The van der Waals surface area contributed by atoms with E-state index in [0.29, 0.717) is 26.3 Å². The number of hydrogen-bond acceptors (Lipinski definition) is 4. The average Bonchev–Trinajstić information content (AvgIpc) is 3.09. The highest BCUT2D eigenvalue weighted by Gasteiger charge is 2.35. The lowest BCUT2D eigenvalue weighted by Crippen LogP contribution is -2.55. The van der Waals surface area contributed by atoms with Gasteiger partial charge in [-0.15, -0.1) is 0 Å². The van der Waals surface area contributed by atoms with Crippen LogP contribution in [0.5, 0.6) is 0 Å². The first kappa shape index (κ1) is 36.7. The van der Waals surface area contributed by atoms with E-state index in [1.54, 1.807) is 30.3 Å². The summed E-state index contributed by atoms with van der Waals surface area (Å²) in [6.07, 6.45) is 5.12. The number of halogens is 3. The van der Waals surface area contributed by atoms with Crippen LogP contribution < -0.4 is 9.62 Å². The highest BCUT2D eigenvalue weighted by molar-refractivity contribution is 7.92. The van der Waals surface area contributed by atoms with Crippen LogP contribution >= 0.6 is 34.8 Å². The Labute approximate surface area is 304 Å². The first-order valence-electron chi connectivity index (χ1n) is 16.4. The molecule has 1 aliphatic carbocycles. The Morgan fingerprint density at radius 3 is 2.14 bits per heavy atom. The van der Waals surface area contributed by atoms with E-state index in [2.05, 4.69) is 5.32 Å². The predicted octanol–water partition coefficient (Wildman–Crippen LogP) is 8.55. The molecule has 7 nitrogen and oxygen atoms in total. The molecule has 0 spiro atoms. The molecule has 1 saturated carbocycles. The Balaban J connectivity index is 1.59. The van der Waals surface area contributed by atoms with E-state index in [9.17, 15) is 18.0 Å². The molecule has 11 heteroatoms. The summed E-state index contributed by atoms with van der Waals surface area (Å²) in [5, 5.41) is 4.26. The second-order valence-electron chi connectivity index (χ2n) is 12.6. The first-order valence-corrected chi connectivity index (χ1v) is 18.9. The molecular formula is C38H40Cl3N3O4S. The van der Waals surface area contributed by atoms with Gasteiger partial charge < -0.3 is 10.2 Å².